The van der Waals surface area contributed by atoms with Gasteiger partial charge in [-0.3, -0.25) is 9.59 Å². The van der Waals surface area contributed by atoms with E-state index in [0.29, 0.717) is 5.71 Å². The molecule has 1 atom stereocenters. The standard InChI is InChI=1S/C13H11F4N3O2/c1-5-6(13(22)20-19-5)2-3-18-12(21)7-4-8(14)10(16)11(17)9(7)15/h4,6H,2-3H2,1H3,(H,18,21)(H,20,22). The van der Waals surface area contributed by atoms with Crippen LogP contribution in [0.3, 0.4) is 0 Å². The van der Waals surface area contributed by atoms with Crippen molar-refractivity contribution in [2.45, 2.75) is 13.3 Å². The van der Waals surface area contributed by atoms with Crippen LogP contribution in [-0.2, 0) is 4.79 Å². The van der Waals surface area contributed by atoms with Crippen molar-refractivity contribution < 1.29 is 27.2 Å². The summed E-state index contributed by atoms with van der Waals surface area (Å²) in [6.45, 7) is 1.57. The summed E-state index contributed by atoms with van der Waals surface area (Å²) in [6.07, 6.45) is 0.181. The molecular weight excluding hydrogens is 306 g/mol. The smallest absolute Gasteiger partial charge is 0.254 e. The molecule has 5 nitrogen and oxygen atoms in total. The first kappa shape index (κ1) is 15.9. The molecule has 2 rings (SSSR count). The Labute approximate surface area is 122 Å². The van der Waals surface area contributed by atoms with Crippen molar-refractivity contribution in [3.8, 4) is 0 Å². The van der Waals surface area contributed by atoms with E-state index in [-0.39, 0.29) is 24.9 Å². The molecule has 1 heterocycles. The summed E-state index contributed by atoms with van der Waals surface area (Å²) in [7, 11) is 0. The normalized spacial score (nSPS) is 17.2. The van der Waals surface area contributed by atoms with Crippen molar-refractivity contribution in [1.82, 2.24) is 10.7 Å². The number of halogens is 4. The average molecular weight is 317 g/mol. The lowest BCUT2D eigenvalue weighted by Crippen LogP contribution is -2.31. The average Bonchev–Trinajstić information content (AvgIpc) is 2.80. The maximum absolute atomic E-state index is 13.4. The summed E-state index contributed by atoms with van der Waals surface area (Å²) in [5.74, 6) is -9.45. The molecule has 1 aliphatic heterocycles. The number of nitrogens with zero attached hydrogens (tertiary/aromatic N) is 1. The van der Waals surface area contributed by atoms with Gasteiger partial charge in [-0.1, -0.05) is 0 Å². The molecule has 1 aromatic rings. The third-order valence-electron chi connectivity index (χ3n) is 3.23. The number of nitrogens with one attached hydrogen (secondary N) is 2. The SMILES string of the molecule is CC1=NNC(=O)C1CCNC(=O)c1cc(F)c(F)c(F)c1F. The second kappa shape index (κ2) is 6.12. The van der Waals surface area contributed by atoms with E-state index >= 15 is 0 Å². The zero-order valence-corrected chi connectivity index (χ0v) is 11.3. The first-order valence-corrected chi connectivity index (χ1v) is 6.28. The van der Waals surface area contributed by atoms with Crippen molar-refractivity contribution in [3.05, 3.63) is 34.9 Å². The molecule has 22 heavy (non-hydrogen) atoms. The van der Waals surface area contributed by atoms with Crippen LogP contribution in [-0.4, -0.2) is 24.1 Å². The molecule has 2 N–H and O–H groups in total. The van der Waals surface area contributed by atoms with Crippen LogP contribution in [0.4, 0.5) is 17.6 Å². The highest BCUT2D eigenvalue weighted by molar-refractivity contribution is 6.06. The highest BCUT2D eigenvalue weighted by atomic mass is 19.2. The quantitative estimate of drug-likeness (QED) is 0.502. The molecule has 0 bridgehead atoms. The Balaban J connectivity index is 2.02. The predicted molar refractivity (Wildman–Crippen MR) is 68.0 cm³/mol. The van der Waals surface area contributed by atoms with E-state index in [1.807, 2.05) is 0 Å². The van der Waals surface area contributed by atoms with Crippen molar-refractivity contribution in [1.29, 1.82) is 0 Å². The first-order valence-electron chi connectivity index (χ1n) is 6.28. The fourth-order valence-corrected chi connectivity index (χ4v) is 1.99. The van der Waals surface area contributed by atoms with Crippen LogP contribution in [0.5, 0.6) is 0 Å². The van der Waals surface area contributed by atoms with E-state index in [0.717, 1.165) is 0 Å². The maximum Gasteiger partial charge on any atom is 0.254 e. The molecule has 1 unspecified atom stereocenters. The minimum absolute atomic E-state index is 0.0518. The van der Waals surface area contributed by atoms with E-state index < -0.39 is 40.7 Å². The molecule has 9 heteroatoms. The number of hydrogen-bond acceptors (Lipinski definition) is 3. The number of carbonyl (C=O) groups excluding carboxylic acids is 2. The van der Waals surface area contributed by atoms with Gasteiger partial charge in [0.25, 0.3) is 5.91 Å². The fraction of sp³-hybridized carbons (Fsp3) is 0.308. The summed E-state index contributed by atoms with van der Waals surface area (Å²) in [4.78, 5) is 23.1. The summed E-state index contributed by atoms with van der Waals surface area (Å²) < 4.78 is 52.3. The maximum atomic E-state index is 13.4. The van der Waals surface area contributed by atoms with E-state index in [1.54, 1.807) is 6.92 Å². The Morgan fingerprint density at radius 2 is 1.95 bits per heavy atom. The van der Waals surface area contributed by atoms with E-state index in [1.165, 1.54) is 0 Å². The van der Waals surface area contributed by atoms with Gasteiger partial charge in [-0.05, 0) is 19.4 Å². The lowest BCUT2D eigenvalue weighted by atomic mass is 10.0. The van der Waals surface area contributed by atoms with Gasteiger partial charge < -0.3 is 5.32 Å². The topological polar surface area (TPSA) is 70.6 Å². The number of carbonyl (C=O) groups is 2. The van der Waals surface area contributed by atoms with Gasteiger partial charge in [0.1, 0.15) is 0 Å². The van der Waals surface area contributed by atoms with Gasteiger partial charge in [0.05, 0.1) is 11.5 Å². The number of benzene rings is 1. The molecule has 0 spiro atoms. The van der Waals surface area contributed by atoms with Crippen LogP contribution >= 0.6 is 0 Å². The Morgan fingerprint density at radius 1 is 1.27 bits per heavy atom. The number of hydrogen-bond donors (Lipinski definition) is 2. The van der Waals surface area contributed by atoms with Crippen molar-refractivity contribution in [2.24, 2.45) is 11.0 Å². The van der Waals surface area contributed by atoms with Crippen molar-refractivity contribution in [3.63, 3.8) is 0 Å². The lowest BCUT2D eigenvalue weighted by Gasteiger charge is -2.10. The molecule has 0 fully saturated rings. The van der Waals surface area contributed by atoms with Gasteiger partial charge in [0, 0.05) is 12.3 Å². The van der Waals surface area contributed by atoms with E-state index in [2.05, 4.69) is 15.8 Å². The minimum atomic E-state index is -2.05. The Kier molecular flexibility index (Phi) is 4.43. The number of hydrazone groups is 1. The number of rotatable bonds is 4. The van der Waals surface area contributed by atoms with Gasteiger partial charge >= 0.3 is 0 Å². The first-order chi connectivity index (χ1) is 10.3. The fourth-order valence-electron chi connectivity index (χ4n) is 1.99. The predicted octanol–water partition coefficient (Wildman–Crippen LogP) is 1.48. The zero-order valence-electron chi connectivity index (χ0n) is 11.3. The van der Waals surface area contributed by atoms with Crippen LogP contribution in [0, 0.1) is 29.2 Å². The molecule has 118 valence electrons. The Bertz CT molecular complexity index is 676. The molecular formula is C13H11F4N3O2. The Morgan fingerprint density at radius 3 is 2.55 bits per heavy atom. The third-order valence-corrected chi connectivity index (χ3v) is 3.23. The van der Waals surface area contributed by atoms with Gasteiger partial charge in [-0.15, -0.1) is 0 Å². The van der Waals surface area contributed by atoms with Gasteiger partial charge in [-0.2, -0.15) is 5.10 Å². The summed E-state index contributed by atoms with van der Waals surface area (Å²) in [6, 6.07) is 0.276. The molecule has 0 aromatic heterocycles. The zero-order chi connectivity index (χ0) is 16.4. The highest BCUT2D eigenvalue weighted by Gasteiger charge is 2.27. The third kappa shape index (κ3) is 2.92. The van der Waals surface area contributed by atoms with Crippen LogP contribution < -0.4 is 10.7 Å². The number of amides is 2. The van der Waals surface area contributed by atoms with Crippen LogP contribution in [0.15, 0.2) is 11.2 Å². The Hall–Kier alpha value is -2.45. The second-order valence-electron chi connectivity index (χ2n) is 4.67. The largest absolute Gasteiger partial charge is 0.352 e. The molecule has 1 aromatic carbocycles. The molecule has 1 aliphatic rings. The summed E-state index contributed by atoms with van der Waals surface area (Å²) >= 11 is 0. The van der Waals surface area contributed by atoms with E-state index in [9.17, 15) is 27.2 Å². The van der Waals surface area contributed by atoms with Crippen molar-refractivity contribution >= 4 is 17.5 Å². The summed E-state index contributed by atoms with van der Waals surface area (Å²) in [5, 5.41) is 5.92. The lowest BCUT2D eigenvalue weighted by molar-refractivity contribution is -0.122. The van der Waals surface area contributed by atoms with Crippen LogP contribution in [0.1, 0.15) is 23.7 Å². The van der Waals surface area contributed by atoms with E-state index in [4.69, 9.17) is 0 Å². The van der Waals surface area contributed by atoms with Gasteiger partial charge in [0.2, 0.25) is 5.91 Å². The summed E-state index contributed by atoms with van der Waals surface area (Å²) in [5.41, 5.74) is 1.84. The molecule has 0 aliphatic carbocycles. The van der Waals surface area contributed by atoms with Crippen LogP contribution in [0.2, 0.25) is 0 Å². The van der Waals surface area contributed by atoms with Gasteiger partial charge in [-0.25, -0.2) is 23.0 Å². The van der Waals surface area contributed by atoms with Gasteiger partial charge in [0.15, 0.2) is 23.3 Å². The molecule has 0 saturated heterocycles. The molecule has 0 radical (unpaired) electrons. The monoisotopic (exact) mass is 317 g/mol. The minimum Gasteiger partial charge on any atom is -0.352 e. The van der Waals surface area contributed by atoms with Crippen LogP contribution in [0.25, 0.3) is 0 Å². The second-order valence-corrected chi connectivity index (χ2v) is 4.67. The van der Waals surface area contributed by atoms with Crippen molar-refractivity contribution in [2.75, 3.05) is 6.54 Å². The molecule has 0 saturated carbocycles. The molecule has 2 amide bonds. The highest BCUT2D eigenvalue weighted by Crippen LogP contribution is 2.18.